The van der Waals surface area contributed by atoms with Crippen LogP contribution in [0.1, 0.15) is 5.56 Å². The molecule has 1 atom stereocenters. The highest BCUT2D eigenvalue weighted by Crippen LogP contribution is 2.45. The molecule has 0 radical (unpaired) electrons. The van der Waals surface area contributed by atoms with E-state index in [9.17, 15) is 0 Å². The highest BCUT2D eigenvalue weighted by molar-refractivity contribution is 8.05. The van der Waals surface area contributed by atoms with Crippen LogP contribution in [0, 0.1) is 5.41 Å². The maximum atomic E-state index is 8.82. The first-order valence-electron chi connectivity index (χ1n) is 9.10. The summed E-state index contributed by atoms with van der Waals surface area (Å²) in [5.41, 5.74) is 9.60. The Bertz CT molecular complexity index is 1040. The number of rotatable bonds is 5. The molecular weight excluding hydrogens is 420 g/mol. The number of methoxy groups -OCH3 is 3. The molecule has 9 heteroatoms. The Hall–Kier alpha value is -2.88. The number of hydrogen-bond acceptors (Lipinski definition) is 8. The van der Waals surface area contributed by atoms with Gasteiger partial charge in [-0.25, -0.2) is 0 Å². The third kappa shape index (κ3) is 3.55. The maximum absolute atomic E-state index is 8.82. The number of nitrogens with two attached hydrogens (primary N) is 1. The highest BCUT2D eigenvalue weighted by atomic mass is 32.2. The first-order chi connectivity index (χ1) is 14.6. The third-order valence-corrected chi connectivity index (χ3v) is 6.53. The fourth-order valence-electron chi connectivity index (χ4n) is 3.33. The van der Waals surface area contributed by atoms with Gasteiger partial charge in [0.05, 0.1) is 37.6 Å². The summed E-state index contributed by atoms with van der Waals surface area (Å²) in [4.78, 5) is 2.52. The number of thioether (sulfide) groups is 1. The van der Waals surface area contributed by atoms with Gasteiger partial charge in [-0.15, -0.1) is 0 Å². The highest BCUT2D eigenvalue weighted by Gasteiger charge is 2.35. The molecule has 2 aliphatic heterocycles. The largest absolute Gasteiger partial charge is 0.493 e. The summed E-state index contributed by atoms with van der Waals surface area (Å²) in [7, 11) is 4.68. The van der Waals surface area contributed by atoms with E-state index in [1.165, 1.54) is 11.8 Å². The Morgan fingerprint density at radius 3 is 2.47 bits per heavy atom. The molecule has 0 amide bonds. The molecule has 30 heavy (non-hydrogen) atoms. The molecule has 3 heterocycles. The molecule has 4 N–H and O–H groups in total. The SMILES string of the molecule is COc1cc(N2C(=N)C(=C3C=CC=C(c4ccsc4)N3)SC2N)cc(OC)c1OC. The zero-order chi connectivity index (χ0) is 21.3. The molecule has 1 saturated heterocycles. The van der Waals surface area contributed by atoms with E-state index in [2.05, 4.69) is 16.8 Å². The first kappa shape index (κ1) is 20.4. The summed E-state index contributed by atoms with van der Waals surface area (Å²) in [6, 6.07) is 5.65. The minimum Gasteiger partial charge on any atom is -0.493 e. The summed E-state index contributed by atoms with van der Waals surface area (Å²) in [6.07, 6.45) is 5.96. The summed E-state index contributed by atoms with van der Waals surface area (Å²) in [5, 5.41) is 16.4. The molecule has 1 fully saturated rings. The molecule has 1 aromatic heterocycles. The summed E-state index contributed by atoms with van der Waals surface area (Å²) < 4.78 is 16.3. The number of allylic oxidation sites excluding steroid dienone is 3. The van der Waals surface area contributed by atoms with Crippen molar-refractivity contribution in [3.05, 3.63) is 63.4 Å². The zero-order valence-corrected chi connectivity index (χ0v) is 18.4. The molecule has 1 aromatic carbocycles. The minimum atomic E-state index is -0.464. The van der Waals surface area contributed by atoms with Crippen molar-refractivity contribution in [3.8, 4) is 17.2 Å². The van der Waals surface area contributed by atoms with Crippen LogP contribution in [0.25, 0.3) is 5.70 Å². The van der Waals surface area contributed by atoms with E-state index >= 15 is 0 Å². The molecule has 0 saturated carbocycles. The smallest absolute Gasteiger partial charge is 0.203 e. The third-order valence-electron chi connectivity index (χ3n) is 4.75. The second kappa shape index (κ2) is 8.47. The molecule has 2 aliphatic rings. The van der Waals surface area contributed by atoms with Crippen molar-refractivity contribution in [2.24, 2.45) is 5.73 Å². The van der Waals surface area contributed by atoms with Crippen molar-refractivity contribution in [1.29, 1.82) is 5.41 Å². The van der Waals surface area contributed by atoms with E-state index in [4.69, 9.17) is 25.4 Å². The van der Waals surface area contributed by atoms with Gasteiger partial charge >= 0.3 is 0 Å². The number of anilines is 1. The van der Waals surface area contributed by atoms with Gasteiger partial charge in [-0.05, 0) is 23.6 Å². The molecule has 0 spiro atoms. The number of thiophene rings is 1. The maximum Gasteiger partial charge on any atom is 0.203 e. The summed E-state index contributed by atoms with van der Waals surface area (Å²) in [5.74, 6) is 1.82. The van der Waals surface area contributed by atoms with E-state index in [-0.39, 0.29) is 0 Å². The van der Waals surface area contributed by atoms with Crippen LogP contribution in [0.3, 0.4) is 0 Å². The van der Waals surface area contributed by atoms with E-state index in [1.807, 2.05) is 23.6 Å². The van der Waals surface area contributed by atoms with Crippen LogP contribution in [0.4, 0.5) is 5.69 Å². The van der Waals surface area contributed by atoms with E-state index in [1.54, 1.807) is 49.7 Å². The fourth-order valence-corrected chi connectivity index (χ4v) is 5.01. The lowest BCUT2D eigenvalue weighted by atomic mass is 10.1. The quantitative estimate of drug-likeness (QED) is 0.645. The standard InChI is InChI=1S/C21H22N4O3S2/c1-26-16-9-13(10-17(27-2)18(16)28-3)25-20(22)19(30-21(25)23)15-6-4-5-14(24-15)12-7-8-29-11-12/h4-11,21-22,24H,23H2,1-3H3. The monoisotopic (exact) mass is 442 g/mol. The normalized spacial score (nSPS) is 20.8. The molecule has 7 nitrogen and oxygen atoms in total. The average molecular weight is 443 g/mol. The lowest BCUT2D eigenvalue weighted by molar-refractivity contribution is 0.324. The lowest BCUT2D eigenvalue weighted by Gasteiger charge is -2.24. The number of nitrogens with one attached hydrogen (secondary N) is 2. The molecule has 4 rings (SSSR count). The second-order valence-corrected chi connectivity index (χ2v) is 8.34. The van der Waals surface area contributed by atoms with Gasteiger partial charge in [0, 0.05) is 28.8 Å². The Balaban J connectivity index is 1.69. The van der Waals surface area contributed by atoms with E-state index < -0.39 is 5.50 Å². The van der Waals surface area contributed by atoms with Crippen LogP contribution in [0.5, 0.6) is 17.2 Å². The molecule has 1 unspecified atom stereocenters. The van der Waals surface area contributed by atoms with Gasteiger partial charge in [0.25, 0.3) is 0 Å². The Labute approximate surface area is 183 Å². The molecular formula is C21H22N4O3S2. The summed E-state index contributed by atoms with van der Waals surface area (Å²) in [6.45, 7) is 0. The topological polar surface area (TPSA) is 92.8 Å². The number of hydrogen-bond donors (Lipinski definition) is 3. The second-order valence-electron chi connectivity index (χ2n) is 6.43. The Morgan fingerprint density at radius 1 is 1.13 bits per heavy atom. The van der Waals surface area contributed by atoms with Crippen molar-refractivity contribution < 1.29 is 14.2 Å². The molecule has 2 aromatic rings. The van der Waals surface area contributed by atoms with Crippen molar-refractivity contribution in [2.75, 3.05) is 26.2 Å². The Morgan fingerprint density at radius 2 is 1.87 bits per heavy atom. The van der Waals surface area contributed by atoms with Gasteiger partial charge in [-0.2, -0.15) is 11.3 Å². The number of benzene rings is 1. The van der Waals surface area contributed by atoms with E-state index in [0.29, 0.717) is 28.8 Å². The Kier molecular flexibility index (Phi) is 5.76. The first-order valence-corrected chi connectivity index (χ1v) is 10.9. The van der Waals surface area contributed by atoms with Crippen LogP contribution in [-0.4, -0.2) is 32.7 Å². The predicted octanol–water partition coefficient (Wildman–Crippen LogP) is 3.96. The van der Waals surface area contributed by atoms with Crippen LogP contribution in [0.15, 0.2) is 57.8 Å². The number of ether oxygens (including phenoxy) is 3. The zero-order valence-electron chi connectivity index (χ0n) is 16.8. The van der Waals surface area contributed by atoms with Crippen LogP contribution in [-0.2, 0) is 0 Å². The number of amidine groups is 1. The van der Waals surface area contributed by atoms with Crippen LogP contribution < -0.4 is 30.2 Å². The lowest BCUT2D eigenvalue weighted by Crippen LogP contribution is -2.38. The predicted molar refractivity (Wildman–Crippen MR) is 123 cm³/mol. The van der Waals surface area contributed by atoms with Gasteiger partial charge < -0.3 is 25.3 Å². The van der Waals surface area contributed by atoms with Gasteiger partial charge in [-0.3, -0.25) is 10.3 Å². The molecule has 0 bridgehead atoms. The number of dihydropyridines is 1. The van der Waals surface area contributed by atoms with Crippen LogP contribution >= 0.6 is 23.1 Å². The van der Waals surface area contributed by atoms with Crippen molar-refractivity contribution in [3.63, 3.8) is 0 Å². The number of nitrogens with zero attached hydrogens (tertiary/aromatic N) is 1. The van der Waals surface area contributed by atoms with Crippen LogP contribution in [0.2, 0.25) is 0 Å². The van der Waals surface area contributed by atoms with Gasteiger partial charge in [0.15, 0.2) is 11.5 Å². The minimum absolute atomic E-state index is 0.306. The van der Waals surface area contributed by atoms with E-state index in [0.717, 1.165) is 21.9 Å². The molecule has 0 aliphatic carbocycles. The van der Waals surface area contributed by atoms with Gasteiger partial charge in [0.1, 0.15) is 11.3 Å². The van der Waals surface area contributed by atoms with Crippen molar-refractivity contribution >= 4 is 40.3 Å². The fraction of sp³-hybridized carbons (Fsp3) is 0.190. The summed E-state index contributed by atoms with van der Waals surface area (Å²) >= 11 is 3.07. The van der Waals surface area contributed by atoms with Gasteiger partial charge in [0.2, 0.25) is 5.75 Å². The van der Waals surface area contributed by atoms with Crippen molar-refractivity contribution in [2.45, 2.75) is 5.50 Å². The average Bonchev–Trinajstić information content (AvgIpc) is 3.41. The van der Waals surface area contributed by atoms with Crippen molar-refractivity contribution in [1.82, 2.24) is 5.32 Å². The molecule has 156 valence electrons. The van der Waals surface area contributed by atoms with Gasteiger partial charge in [-0.1, -0.05) is 17.8 Å².